The Morgan fingerprint density at radius 1 is 1.05 bits per heavy atom. The summed E-state index contributed by atoms with van der Waals surface area (Å²) >= 11 is 5.76. The smallest absolute Gasteiger partial charge is 0.167 e. The first-order chi connectivity index (χ1) is 10.5. The lowest BCUT2D eigenvalue weighted by atomic mass is 10.0. The molecule has 0 aliphatic carbocycles. The molecule has 0 radical (unpaired) electrons. The summed E-state index contributed by atoms with van der Waals surface area (Å²) in [5.41, 5.74) is 10.2. The van der Waals surface area contributed by atoms with Crippen LogP contribution in [0.4, 0.5) is 10.1 Å². The van der Waals surface area contributed by atoms with E-state index in [0.29, 0.717) is 22.0 Å². The molecule has 5 heteroatoms. The van der Waals surface area contributed by atoms with Gasteiger partial charge in [-0.1, -0.05) is 16.8 Å². The van der Waals surface area contributed by atoms with E-state index in [9.17, 15) is 4.39 Å². The van der Waals surface area contributed by atoms with E-state index in [-0.39, 0.29) is 0 Å². The molecular weight excluding hydrogens is 303 g/mol. The Labute approximate surface area is 132 Å². The average Bonchev–Trinajstić information content (AvgIpc) is 2.92. The minimum absolute atomic E-state index is 0.343. The van der Waals surface area contributed by atoms with E-state index in [1.54, 1.807) is 18.2 Å². The number of nitrogen functional groups attached to an aromatic ring is 1. The van der Waals surface area contributed by atoms with E-state index in [2.05, 4.69) is 5.16 Å². The van der Waals surface area contributed by atoms with Gasteiger partial charge in [0.15, 0.2) is 5.76 Å². The Hall–Kier alpha value is -2.33. The number of aryl methyl sites for hydroxylation is 2. The minimum Gasteiger partial charge on any atom is -0.399 e. The molecule has 0 amide bonds. The fraction of sp³-hybridized carbons (Fsp3) is 0.118. The van der Waals surface area contributed by atoms with Crippen molar-refractivity contribution in [1.29, 1.82) is 0 Å². The van der Waals surface area contributed by atoms with Gasteiger partial charge in [-0.15, -0.1) is 0 Å². The van der Waals surface area contributed by atoms with Gasteiger partial charge < -0.3 is 10.3 Å². The predicted molar refractivity (Wildman–Crippen MR) is 86.2 cm³/mol. The molecule has 1 aromatic heterocycles. The highest BCUT2D eigenvalue weighted by Crippen LogP contribution is 2.32. The molecule has 0 saturated carbocycles. The molecule has 0 atom stereocenters. The van der Waals surface area contributed by atoms with Crippen LogP contribution in [-0.4, -0.2) is 5.16 Å². The lowest BCUT2D eigenvalue weighted by Crippen LogP contribution is -1.92. The van der Waals surface area contributed by atoms with Crippen molar-refractivity contribution in [2.24, 2.45) is 0 Å². The summed E-state index contributed by atoms with van der Waals surface area (Å²) in [5, 5.41) is 4.30. The molecule has 0 fully saturated rings. The van der Waals surface area contributed by atoms with E-state index in [0.717, 1.165) is 22.4 Å². The van der Waals surface area contributed by atoms with Gasteiger partial charge in [-0.25, -0.2) is 4.39 Å². The van der Waals surface area contributed by atoms with E-state index in [1.807, 2.05) is 26.0 Å². The van der Waals surface area contributed by atoms with Gasteiger partial charge in [-0.3, -0.25) is 0 Å². The minimum atomic E-state index is -0.433. The van der Waals surface area contributed by atoms with Crippen LogP contribution in [0.2, 0.25) is 5.02 Å². The molecule has 22 heavy (non-hydrogen) atoms. The molecule has 0 saturated heterocycles. The highest BCUT2D eigenvalue weighted by atomic mass is 35.5. The third kappa shape index (κ3) is 2.57. The maximum Gasteiger partial charge on any atom is 0.167 e. The maximum atomic E-state index is 14.0. The van der Waals surface area contributed by atoms with E-state index in [1.165, 1.54) is 6.07 Å². The van der Waals surface area contributed by atoms with Gasteiger partial charge in [0.25, 0.3) is 0 Å². The molecule has 2 N–H and O–H groups in total. The van der Waals surface area contributed by atoms with Crippen LogP contribution in [0, 0.1) is 19.7 Å². The average molecular weight is 317 g/mol. The number of anilines is 1. The van der Waals surface area contributed by atoms with Crippen LogP contribution >= 0.6 is 11.6 Å². The molecule has 0 aliphatic heterocycles. The Kier molecular flexibility index (Phi) is 3.62. The molecule has 1 heterocycles. The van der Waals surface area contributed by atoms with E-state index >= 15 is 0 Å². The largest absolute Gasteiger partial charge is 0.399 e. The van der Waals surface area contributed by atoms with Crippen LogP contribution < -0.4 is 5.73 Å². The second-order valence-corrected chi connectivity index (χ2v) is 5.66. The van der Waals surface area contributed by atoms with Crippen LogP contribution in [0.25, 0.3) is 22.6 Å². The van der Waals surface area contributed by atoms with Crippen LogP contribution in [0.5, 0.6) is 0 Å². The van der Waals surface area contributed by atoms with E-state index in [4.69, 9.17) is 21.9 Å². The number of halogens is 2. The highest BCUT2D eigenvalue weighted by Gasteiger charge is 2.14. The van der Waals surface area contributed by atoms with Crippen LogP contribution in [0.15, 0.2) is 40.9 Å². The standard InChI is InChI=1S/C17H14ClFN2O/c1-9-6-15(20)10(2)5-13(9)17-8-16(21-22-17)12-4-3-11(18)7-14(12)19/h3-8H,20H2,1-2H3. The third-order valence-corrected chi connectivity index (χ3v) is 3.83. The molecule has 0 spiro atoms. The Morgan fingerprint density at radius 2 is 1.82 bits per heavy atom. The van der Waals surface area contributed by atoms with Crippen molar-refractivity contribution in [3.8, 4) is 22.6 Å². The normalized spacial score (nSPS) is 10.9. The van der Waals surface area contributed by atoms with Crippen molar-refractivity contribution >= 4 is 17.3 Å². The van der Waals surface area contributed by atoms with Crippen LogP contribution in [0.3, 0.4) is 0 Å². The van der Waals surface area contributed by atoms with Crippen molar-refractivity contribution in [3.63, 3.8) is 0 Å². The molecule has 3 aromatic rings. The lowest BCUT2D eigenvalue weighted by Gasteiger charge is -2.06. The lowest BCUT2D eigenvalue weighted by molar-refractivity contribution is 0.434. The summed E-state index contributed by atoms with van der Waals surface area (Å²) in [5.74, 6) is 0.141. The maximum absolute atomic E-state index is 14.0. The topological polar surface area (TPSA) is 52.0 Å². The second-order valence-electron chi connectivity index (χ2n) is 5.22. The number of benzene rings is 2. The molecule has 0 aliphatic rings. The van der Waals surface area contributed by atoms with E-state index < -0.39 is 5.82 Å². The van der Waals surface area contributed by atoms with Gasteiger partial charge in [0.1, 0.15) is 11.5 Å². The zero-order valence-corrected chi connectivity index (χ0v) is 12.9. The molecule has 0 bridgehead atoms. The van der Waals surface area contributed by atoms with Crippen molar-refractivity contribution in [1.82, 2.24) is 5.16 Å². The number of hydrogen-bond donors (Lipinski definition) is 1. The van der Waals surface area contributed by atoms with Gasteiger partial charge in [-0.05, 0) is 55.3 Å². The molecule has 2 aromatic carbocycles. The Bertz CT molecular complexity index is 858. The number of hydrogen-bond acceptors (Lipinski definition) is 3. The monoisotopic (exact) mass is 316 g/mol. The van der Waals surface area contributed by atoms with Crippen molar-refractivity contribution in [2.45, 2.75) is 13.8 Å². The van der Waals surface area contributed by atoms with Gasteiger partial charge in [0, 0.05) is 27.9 Å². The summed E-state index contributed by atoms with van der Waals surface area (Å²) in [6, 6.07) is 9.99. The van der Waals surface area contributed by atoms with Crippen molar-refractivity contribution in [2.75, 3.05) is 5.73 Å². The second kappa shape index (κ2) is 5.46. The first-order valence-corrected chi connectivity index (χ1v) is 7.12. The number of rotatable bonds is 2. The zero-order valence-electron chi connectivity index (χ0n) is 12.2. The van der Waals surface area contributed by atoms with Gasteiger partial charge in [0.2, 0.25) is 0 Å². The van der Waals surface area contributed by atoms with Crippen molar-refractivity contribution in [3.05, 3.63) is 58.4 Å². The van der Waals surface area contributed by atoms with Crippen LogP contribution in [-0.2, 0) is 0 Å². The SMILES string of the molecule is Cc1cc(-c2cc(-c3ccc(Cl)cc3F)no2)c(C)cc1N. The summed E-state index contributed by atoms with van der Waals surface area (Å²) in [6.45, 7) is 3.87. The predicted octanol–water partition coefficient (Wildman–Crippen LogP) is 5.00. The first-order valence-electron chi connectivity index (χ1n) is 6.75. The van der Waals surface area contributed by atoms with Gasteiger partial charge in [0.05, 0.1) is 0 Å². The molecule has 3 rings (SSSR count). The third-order valence-electron chi connectivity index (χ3n) is 3.60. The fourth-order valence-electron chi connectivity index (χ4n) is 2.33. The molecule has 0 unspecified atom stereocenters. The zero-order chi connectivity index (χ0) is 15.9. The van der Waals surface area contributed by atoms with Crippen molar-refractivity contribution < 1.29 is 8.91 Å². The highest BCUT2D eigenvalue weighted by molar-refractivity contribution is 6.30. The van der Waals surface area contributed by atoms with Gasteiger partial charge in [-0.2, -0.15) is 0 Å². The number of aromatic nitrogens is 1. The fourth-order valence-corrected chi connectivity index (χ4v) is 2.49. The summed E-state index contributed by atoms with van der Waals surface area (Å²) < 4.78 is 19.3. The number of nitrogens with zero attached hydrogens (tertiary/aromatic N) is 1. The summed E-state index contributed by atoms with van der Waals surface area (Å²) in [7, 11) is 0. The van der Waals surface area contributed by atoms with Crippen LogP contribution in [0.1, 0.15) is 11.1 Å². The molecule has 3 nitrogen and oxygen atoms in total. The summed E-state index contributed by atoms with van der Waals surface area (Å²) in [6.07, 6.45) is 0. The Balaban J connectivity index is 2.06. The first kappa shape index (κ1) is 14.6. The number of nitrogens with two attached hydrogens (primary N) is 1. The molecule has 112 valence electrons. The molecular formula is C17H14ClFN2O. The van der Waals surface area contributed by atoms with Gasteiger partial charge >= 0.3 is 0 Å². The quantitative estimate of drug-likeness (QED) is 0.677. The Morgan fingerprint density at radius 3 is 2.55 bits per heavy atom. The summed E-state index contributed by atoms with van der Waals surface area (Å²) in [4.78, 5) is 0.